The summed E-state index contributed by atoms with van der Waals surface area (Å²) in [5, 5.41) is 13.8. The lowest BCUT2D eigenvalue weighted by molar-refractivity contribution is 0.121. The molecular formula is C21H22N6O3. The second kappa shape index (κ2) is 7.01. The van der Waals surface area contributed by atoms with Crippen molar-refractivity contribution in [2.24, 2.45) is 0 Å². The molecule has 4 aromatic rings. The van der Waals surface area contributed by atoms with E-state index >= 15 is 0 Å². The minimum absolute atomic E-state index is 0.144. The third-order valence-corrected chi connectivity index (χ3v) is 5.86. The van der Waals surface area contributed by atoms with E-state index in [2.05, 4.69) is 5.10 Å². The van der Waals surface area contributed by atoms with Gasteiger partial charge in [0.25, 0.3) is 0 Å². The molecule has 1 N–H and O–H groups in total. The summed E-state index contributed by atoms with van der Waals surface area (Å²) in [6.07, 6.45) is 4.16. The Morgan fingerprint density at radius 3 is 2.90 bits per heavy atom. The number of amides is 1. The second-order valence-corrected chi connectivity index (χ2v) is 7.55. The SMILES string of the molecule is CCn1c(=O)n([C@H]2CCCN(C(=O)O)C2)c2nc(-c3cnn4ccccc34)ccc21. The van der Waals surface area contributed by atoms with Gasteiger partial charge in [-0.05, 0) is 44.0 Å². The number of fused-ring (bicyclic) bond motifs is 2. The molecule has 5 rings (SSSR count). The van der Waals surface area contributed by atoms with Gasteiger partial charge in [-0.15, -0.1) is 0 Å². The van der Waals surface area contributed by atoms with Gasteiger partial charge in [0.15, 0.2) is 5.65 Å². The quantitative estimate of drug-likeness (QED) is 0.564. The monoisotopic (exact) mass is 406 g/mol. The van der Waals surface area contributed by atoms with E-state index in [1.165, 1.54) is 4.90 Å². The molecule has 30 heavy (non-hydrogen) atoms. The fourth-order valence-electron chi connectivity index (χ4n) is 4.41. The van der Waals surface area contributed by atoms with Gasteiger partial charge in [-0.2, -0.15) is 5.10 Å². The van der Waals surface area contributed by atoms with E-state index in [1.807, 2.05) is 43.5 Å². The summed E-state index contributed by atoms with van der Waals surface area (Å²) in [6.45, 7) is 3.24. The van der Waals surface area contributed by atoms with Crippen LogP contribution < -0.4 is 5.69 Å². The van der Waals surface area contributed by atoms with E-state index in [1.54, 1.807) is 19.8 Å². The molecule has 0 unspecified atom stereocenters. The van der Waals surface area contributed by atoms with Gasteiger partial charge in [-0.3, -0.25) is 9.13 Å². The molecule has 1 amide bonds. The largest absolute Gasteiger partial charge is 0.465 e. The Morgan fingerprint density at radius 1 is 1.23 bits per heavy atom. The van der Waals surface area contributed by atoms with Crippen LogP contribution in [-0.4, -0.2) is 52.9 Å². The van der Waals surface area contributed by atoms with Crippen LogP contribution in [0.5, 0.6) is 0 Å². The number of carbonyl (C=O) groups is 1. The van der Waals surface area contributed by atoms with Crippen molar-refractivity contribution in [3.8, 4) is 11.3 Å². The lowest BCUT2D eigenvalue weighted by atomic mass is 10.1. The lowest BCUT2D eigenvalue weighted by Gasteiger charge is -2.31. The molecule has 1 atom stereocenters. The number of nitrogens with zero attached hydrogens (tertiary/aromatic N) is 6. The van der Waals surface area contributed by atoms with Crippen molar-refractivity contribution < 1.29 is 9.90 Å². The lowest BCUT2D eigenvalue weighted by Crippen LogP contribution is -2.42. The van der Waals surface area contributed by atoms with Crippen LogP contribution in [0.4, 0.5) is 4.79 Å². The third-order valence-electron chi connectivity index (χ3n) is 5.86. The molecule has 0 bridgehead atoms. The standard InChI is InChI=1S/C21H22N6O3/c1-2-25-18-9-8-16(15-12-22-26-11-4-3-7-17(15)26)23-19(18)27(20(25)28)14-6-5-10-24(13-14)21(29)30/h3-4,7-9,11-12,14H,2,5-6,10,13H2,1H3,(H,29,30)/t14-/m0/s1. The number of pyridine rings is 2. The molecule has 0 spiro atoms. The second-order valence-electron chi connectivity index (χ2n) is 7.55. The molecule has 0 aliphatic carbocycles. The maximum Gasteiger partial charge on any atom is 0.407 e. The van der Waals surface area contributed by atoms with E-state index in [0.717, 1.165) is 35.1 Å². The van der Waals surface area contributed by atoms with Crippen LogP contribution in [0, 0.1) is 0 Å². The Labute approximate surface area is 171 Å². The molecular weight excluding hydrogens is 384 g/mol. The summed E-state index contributed by atoms with van der Waals surface area (Å²) in [6, 6.07) is 9.44. The molecule has 1 aliphatic heterocycles. The van der Waals surface area contributed by atoms with Crippen LogP contribution in [0.15, 0.2) is 47.5 Å². The number of piperidine rings is 1. The number of carboxylic acid groups (broad SMARTS) is 1. The van der Waals surface area contributed by atoms with Gasteiger partial charge in [-0.25, -0.2) is 19.1 Å². The predicted molar refractivity (Wildman–Crippen MR) is 112 cm³/mol. The molecule has 1 aliphatic rings. The van der Waals surface area contributed by atoms with Crippen LogP contribution in [0.2, 0.25) is 0 Å². The van der Waals surface area contributed by atoms with Crippen LogP contribution in [0.3, 0.4) is 0 Å². The molecule has 0 saturated carbocycles. The minimum Gasteiger partial charge on any atom is -0.465 e. The van der Waals surface area contributed by atoms with E-state index < -0.39 is 6.09 Å². The zero-order valence-electron chi connectivity index (χ0n) is 16.6. The van der Waals surface area contributed by atoms with E-state index in [9.17, 15) is 14.7 Å². The van der Waals surface area contributed by atoms with Crippen molar-refractivity contribution in [2.75, 3.05) is 13.1 Å². The maximum atomic E-state index is 13.2. The number of hydrogen-bond donors (Lipinski definition) is 1. The number of rotatable bonds is 3. The van der Waals surface area contributed by atoms with Gasteiger partial charge in [0.1, 0.15) is 0 Å². The smallest absolute Gasteiger partial charge is 0.407 e. The molecule has 1 fully saturated rings. The van der Waals surface area contributed by atoms with Crippen molar-refractivity contribution in [1.29, 1.82) is 0 Å². The van der Waals surface area contributed by atoms with E-state index in [4.69, 9.17) is 4.98 Å². The van der Waals surface area contributed by atoms with Gasteiger partial charge in [0.2, 0.25) is 0 Å². The number of imidazole rings is 1. The van der Waals surface area contributed by atoms with Crippen molar-refractivity contribution >= 4 is 22.8 Å². The highest BCUT2D eigenvalue weighted by Gasteiger charge is 2.28. The highest BCUT2D eigenvalue weighted by atomic mass is 16.4. The molecule has 9 heteroatoms. The molecule has 154 valence electrons. The van der Waals surface area contributed by atoms with Gasteiger partial charge >= 0.3 is 11.8 Å². The fraction of sp³-hybridized carbons (Fsp3) is 0.333. The molecule has 0 radical (unpaired) electrons. The average molecular weight is 406 g/mol. The van der Waals surface area contributed by atoms with E-state index in [0.29, 0.717) is 25.3 Å². The van der Waals surface area contributed by atoms with Crippen LogP contribution in [-0.2, 0) is 6.54 Å². The number of likely N-dealkylation sites (tertiary alicyclic amines) is 1. The molecule has 9 nitrogen and oxygen atoms in total. The summed E-state index contributed by atoms with van der Waals surface area (Å²) in [7, 11) is 0. The van der Waals surface area contributed by atoms with Crippen molar-refractivity contribution in [1.82, 2.24) is 28.6 Å². The summed E-state index contributed by atoms with van der Waals surface area (Å²) in [4.78, 5) is 30.9. The summed E-state index contributed by atoms with van der Waals surface area (Å²) < 4.78 is 5.17. The first-order valence-corrected chi connectivity index (χ1v) is 10.1. The molecule has 0 aromatic carbocycles. The Morgan fingerprint density at radius 2 is 2.10 bits per heavy atom. The molecule has 5 heterocycles. The normalized spacial score (nSPS) is 17.1. The first kappa shape index (κ1) is 18.4. The summed E-state index contributed by atoms with van der Waals surface area (Å²) >= 11 is 0. The topological polar surface area (TPSA) is 97.7 Å². The van der Waals surface area contributed by atoms with Gasteiger partial charge in [0, 0.05) is 31.4 Å². The van der Waals surface area contributed by atoms with Crippen LogP contribution in [0.25, 0.3) is 27.9 Å². The highest BCUT2D eigenvalue weighted by Crippen LogP contribution is 2.28. The van der Waals surface area contributed by atoms with Crippen molar-refractivity contribution in [3.63, 3.8) is 0 Å². The van der Waals surface area contributed by atoms with Gasteiger partial charge in [0.05, 0.1) is 29.0 Å². The number of hydrogen-bond acceptors (Lipinski definition) is 4. The fourth-order valence-corrected chi connectivity index (χ4v) is 4.41. The molecule has 4 aromatic heterocycles. The van der Waals surface area contributed by atoms with E-state index in [-0.39, 0.29) is 11.7 Å². The van der Waals surface area contributed by atoms with Crippen molar-refractivity contribution in [2.45, 2.75) is 32.4 Å². The van der Waals surface area contributed by atoms with Crippen LogP contribution >= 0.6 is 0 Å². The molecule has 1 saturated heterocycles. The van der Waals surface area contributed by atoms with Gasteiger partial charge in [-0.1, -0.05) is 6.07 Å². The van der Waals surface area contributed by atoms with Gasteiger partial charge < -0.3 is 10.0 Å². The zero-order chi connectivity index (χ0) is 20.8. The highest BCUT2D eigenvalue weighted by molar-refractivity contribution is 5.82. The third kappa shape index (κ3) is 2.77. The Bertz CT molecular complexity index is 1320. The maximum absolute atomic E-state index is 13.2. The first-order chi connectivity index (χ1) is 14.6. The summed E-state index contributed by atoms with van der Waals surface area (Å²) in [5.41, 5.74) is 3.76. The average Bonchev–Trinajstić information content (AvgIpc) is 3.31. The summed E-state index contributed by atoms with van der Waals surface area (Å²) in [5.74, 6) is 0. The Balaban J connectivity index is 1.68. The van der Waals surface area contributed by atoms with Crippen molar-refractivity contribution in [3.05, 3.63) is 53.2 Å². The Kier molecular flexibility index (Phi) is 4.30. The Hall–Kier alpha value is -3.62. The number of aromatic nitrogens is 5. The minimum atomic E-state index is -0.952. The zero-order valence-corrected chi connectivity index (χ0v) is 16.6. The van der Waals surface area contributed by atoms with Crippen LogP contribution in [0.1, 0.15) is 25.8 Å². The first-order valence-electron chi connectivity index (χ1n) is 10.1. The predicted octanol–water partition coefficient (Wildman–Crippen LogP) is 2.85. The number of aryl methyl sites for hydroxylation is 1.